The molecule has 3 amide bonds. The number of carbonyl (C=O) groups excluding carboxylic acids is 2. The summed E-state index contributed by atoms with van der Waals surface area (Å²) >= 11 is 1.20. The van der Waals surface area contributed by atoms with E-state index in [1.165, 1.54) is 29.5 Å². The fraction of sp³-hybridized carbons (Fsp3) is 0.444. The van der Waals surface area contributed by atoms with Crippen molar-refractivity contribution in [2.75, 3.05) is 10.6 Å². The Bertz CT molecular complexity index is 894. The van der Waals surface area contributed by atoms with Crippen LogP contribution in [0.5, 0.6) is 0 Å². The number of aryl methyl sites for hydroxylation is 1. The lowest BCUT2D eigenvalue weighted by Gasteiger charge is -2.36. The molecule has 0 bridgehead atoms. The van der Waals surface area contributed by atoms with Crippen molar-refractivity contribution in [3.63, 3.8) is 0 Å². The van der Waals surface area contributed by atoms with Gasteiger partial charge in [-0.3, -0.25) is 10.1 Å². The van der Waals surface area contributed by atoms with E-state index in [2.05, 4.69) is 26.1 Å². The average molecular weight is 427 g/mol. The topological polar surface area (TPSA) is 96.0 Å². The molecule has 1 fully saturated rings. The maximum Gasteiger partial charge on any atom is 0.418 e. The summed E-state index contributed by atoms with van der Waals surface area (Å²) < 4.78 is 39.5. The maximum absolute atomic E-state index is 13.2. The fourth-order valence-corrected chi connectivity index (χ4v) is 3.93. The number of rotatable bonds is 4. The minimum atomic E-state index is -4.61. The van der Waals surface area contributed by atoms with Crippen LogP contribution in [-0.2, 0) is 11.0 Å². The minimum absolute atomic E-state index is 0.307. The molecular weight excluding hydrogens is 407 g/mol. The second-order valence-corrected chi connectivity index (χ2v) is 8.03. The molecule has 3 N–H and O–H groups in total. The van der Waals surface area contributed by atoms with Crippen molar-refractivity contribution in [2.24, 2.45) is 0 Å². The first kappa shape index (κ1) is 21.0. The van der Waals surface area contributed by atoms with Gasteiger partial charge in [-0.2, -0.15) is 13.2 Å². The second kappa shape index (κ2) is 8.36. The number of hydrogen-bond donors (Lipinski definition) is 3. The fourth-order valence-electron chi connectivity index (χ4n) is 3.34. The van der Waals surface area contributed by atoms with Crippen molar-refractivity contribution in [3.8, 4) is 0 Å². The molecule has 1 aromatic carbocycles. The van der Waals surface area contributed by atoms with E-state index < -0.39 is 29.2 Å². The van der Waals surface area contributed by atoms with E-state index in [1.807, 2.05) is 0 Å². The van der Waals surface area contributed by atoms with E-state index in [-0.39, 0.29) is 5.69 Å². The quantitative estimate of drug-likeness (QED) is 0.677. The zero-order valence-corrected chi connectivity index (χ0v) is 16.4. The van der Waals surface area contributed by atoms with Crippen molar-refractivity contribution >= 4 is 34.1 Å². The van der Waals surface area contributed by atoms with Gasteiger partial charge in [0, 0.05) is 0 Å². The molecule has 1 aliphatic carbocycles. The van der Waals surface area contributed by atoms with Gasteiger partial charge in [-0.15, -0.1) is 10.2 Å². The number of nitrogens with zero attached hydrogens (tertiary/aromatic N) is 2. The van der Waals surface area contributed by atoms with Gasteiger partial charge < -0.3 is 10.6 Å². The first-order valence-corrected chi connectivity index (χ1v) is 9.88. The molecule has 156 valence electrons. The molecule has 3 rings (SSSR count). The number of hydrogen-bond acceptors (Lipinski definition) is 5. The molecule has 0 radical (unpaired) electrons. The number of benzene rings is 1. The molecule has 29 heavy (non-hydrogen) atoms. The lowest BCUT2D eigenvalue weighted by Crippen LogP contribution is -2.58. The Hall–Kier alpha value is -2.69. The molecule has 11 heteroatoms. The molecule has 1 saturated carbocycles. The highest BCUT2D eigenvalue weighted by Gasteiger charge is 2.42. The molecule has 0 atom stereocenters. The van der Waals surface area contributed by atoms with Crippen LogP contribution in [0.15, 0.2) is 24.3 Å². The summed E-state index contributed by atoms with van der Waals surface area (Å²) in [6.07, 6.45) is -1.52. The number of carbonyl (C=O) groups is 2. The third kappa shape index (κ3) is 5.03. The molecule has 0 saturated heterocycles. The van der Waals surface area contributed by atoms with Crippen LogP contribution in [0.1, 0.15) is 42.7 Å². The average Bonchev–Trinajstić information content (AvgIpc) is 3.06. The molecule has 0 aliphatic heterocycles. The Kier molecular flexibility index (Phi) is 6.06. The Morgan fingerprint density at radius 1 is 1.07 bits per heavy atom. The number of aromatic nitrogens is 2. The molecule has 1 aromatic heterocycles. The summed E-state index contributed by atoms with van der Waals surface area (Å²) in [7, 11) is 0. The van der Waals surface area contributed by atoms with Gasteiger partial charge in [0.1, 0.15) is 10.5 Å². The Morgan fingerprint density at radius 2 is 1.76 bits per heavy atom. The van der Waals surface area contributed by atoms with Gasteiger partial charge in [0.15, 0.2) is 0 Å². The predicted molar refractivity (Wildman–Crippen MR) is 103 cm³/mol. The normalized spacial score (nSPS) is 16.1. The molecule has 2 aromatic rings. The van der Waals surface area contributed by atoms with Gasteiger partial charge in [-0.25, -0.2) is 4.79 Å². The standard InChI is InChI=1S/C18H20F3N5O2S/c1-11-25-26-16(29-11)23-14(27)17(9-5-2-6-10-17)24-15(28)22-13-8-4-3-7-12(13)18(19,20)21/h3-4,7-8H,2,5-6,9-10H2,1H3,(H2,22,24,28)(H,23,26,27). The van der Waals surface area contributed by atoms with Gasteiger partial charge in [-0.1, -0.05) is 42.7 Å². The van der Waals surface area contributed by atoms with Crippen LogP contribution in [-0.4, -0.2) is 27.7 Å². The molecule has 0 spiro atoms. The largest absolute Gasteiger partial charge is 0.418 e. The Morgan fingerprint density at radius 3 is 2.38 bits per heavy atom. The summed E-state index contributed by atoms with van der Waals surface area (Å²) in [6, 6.07) is 3.82. The van der Waals surface area contributed by atoms with Crippen molar-refractivity contribution in [3.05, 3.63) is 34.8 Å². The van der Waals surface area contributed by atoms with Crippen molar-refractivity contribution < 1.29 is 22.8 Å². The van der Waals surface area contributed by atoms with Gasteiger partial charge in [0.25, 0.3) is 5.91 Å². The number of anilines is 2. The Labute approximate surface area is 169 Å². The zero-order chi connectivity index (χ0) is 21.1. The summed E-state index contributed by atoms with van der Waals surface area (Å²) in [5.41, 5.74) is -2.56. The highest BCUT2D eigenvalue weighted by molar-refractivity contribution is 7.15. The van der Waals surface area contributed by atoms with E-state index in [0.717, 1.165) is 12.5 Å². The highest BCUT2D eigenvalue weighted by Crippen LogP contribution is 2.35. The first-order chi connectivity index (χ1) is 13.7. The molecule has 0 unspecified atom stereocenters. The first-order valence-electron chi connectivity index (χ1n) is 9.07. The maximum atomic E-state index is 13.2. The van der Waals surface area contributed by atoms with Crippen LogP contribution in [0.25, 0.3) is 0 Å². The third-order valence-corrected chi connectivity index (χ3v) is 5.48. The van der Waals surface area contributed by atoms with Gasteiger partial charge >= 0.3 is 12.2 Å². The SMILES string of the molecule is Cc1nnc(NC(=O)C2(NC(=O)Nc3ccccc3C(F)(F)F)CCCCC2)s1. The minimum Gasteiger partial charge on any atom is -0.323 e. The third-order valence-electron chi connectivity index (χ3n) is 4.72. The molecule has 1 aliphatic rings. The molecule has 7 nitrogen and oxygen atoms in total. The molecule has 1 heterocycles. The lowest BCUT2D eigenvalue weighted by atomic mass is 9.81. The van der Waals surface area contributed by atoms with Crippen molar-refractivity contribution in [1.29, 1.82) is 0 Å². The number of halogens is 3. The van der Waals surface area contributed by atoms with Crippen LogP contribution < -0.4 is 16.0 Å². The van der Waals surface area contributed by atoms with Crippen LogP contribution in [0.4, 0.5) is 28.8 Å². The van der Waals surface area contributed by atoms with Gasteiger partial charge in [0.05, 0.1) is 11.3 Å². The lowest BCUT2D eigenvalue weighted by molar-refractivity contribution is -0.137. The summed E-state index contributed by atoms with van der Waals surface area (Å²) in [5.74, 6) is -0.451. The second-order valence-electron chi connectivity index (χ2n) is 6.85. The summed E-state index contributed by atoms with van der Waals surface area (Å²) in [5, 5.41) is 16.2. The van der Waals surface area contributed by atoms with Crippen LogP contribution >= 0.6 is 11.3 Å². The van der Waals surface area contributed by atoms with E-state index in [1.54, 1.807) is 6.92 Å². The van der Waals surface area contributed by atoms with E-state index in [0.29, 0.717) is 35.8 Å². The predicted octanol–water partition coefficient (Wildman–Crippen LogP) is 4.33. The van der Waals surface area contributed by atoms with Gasteiger partial charge in [0.2, 0.25) is 5.13 Å². The highest BCUT2D eigenvalue weighted by atomic mass is 32.1. The van der Waals surface area contributed by atoms with Crippen molar-refractivity contribution in [1.82, 2.24) is 15.5 Å². The van der Waals surface area contributed by atoms with E-state index in [4.69, 9.17) is 0 Å². The van der Waals surface area contributed by atoms with Crippen LogP contribution in [0.3, 0.4) is 0 Å². The number of urea groups is 1. The van der Waals surface area contributed by atoms with Gasteiger partial charge in [-0.05, 0) is 31.9 Å². The van der Waals surface area contributed by atoms with Crippen molar-refractivity contribution in [2.45, 2.75) is 50.7 Å². The monoisotopic (exact) mass is 427 g/mol. The summed E-state index contributed by atoms with van der Waals surface area (Å²) in [6.45, 7) is 1.74. The van der Waals surface area contributed by atoms with Crippen LogP contribution in [0.2, 0.25) is 0 Å². The number of nitrogens with one attached hydrogen (secondary N) is 3. The number of para-hydroxylation sites is 1. The molecular formula is C18H20F3N5O2S. The smallest absolute Gasteiger partial charge is 0.323 e. The number of amides is 3. The zero-order valence-electron chi connectivity index (χ0n) is 15.6. The Balaban J connectivity index is 1.77. The van der Waals surface area contributed by atoms with E-state index >= 15 is 0 Å². The van der Waals surface area contributed by atoms with Crippen LogP contribution in [0, 0.1) is 6.92 Å². The summed E-state index contributed by atoms with van der Waals surface area (Å²) in [4.78, 5) is 25.4. The number of alkyl halides is 3. The van der Waals surface area contributed by atoms with E-state index in [9.17, 15) is 22.8 Å².